The smallest absolute Gasteiger partial charge is 0.377 e. The molecule has 1 amide bonds. The van der Waals surface area contributed by atoms with E-state index in [0.717, 1.165) is 12.1 Å². The first-order chi connectivity index (χ1) is 14.1. The van der Waals surface area contributed by atoms with E-state index in [0.29, 0.717) is 0 Å². The molecule has 1 heterocycles. The van der Waals surface area contributed by atoms with Gasteiger partial charge in [-0.3, -0.25) is 19.5 Å². The maximum Gasteiger partial charge on any atom is 0.377 e. The standard InChI is InChI=1S/C17H23N4O8P/c1-4-27-15(22)13(14(18)30(26,28-5-2)29-6-3)17(19)11-9-10(21(24)25)7-8-12(11)20-16(17)23/h7-9H,4-6,18-19H2,1-3H3,(H,20,23)/b14-13+. The van der Waals surface area contributed by atoms with Crippen molar-refractivity contribution in [3.63, 3.8) is 0 Å². The number of non-ortho nitro benzene ring substituents is 1. The Morgan fingerprint density at radius 2 is 1.83 bits per heavy atom. The van der Waals surface area contributed by atoms with Gasteiger partial charge in [0.05, 0.1) is 24.7 Å². The number of rotatable bonds is 9. The van der Waals surface area contributed by atoms with Crippen LogP contribution in [0.2, 0.25) is 0 Å². The van der Waals surface area contributed by atoms with E-state index in [1.807, 2.05) is 0 Å². The molecule has 164 valence electrons. The summed E-state index contributed by atoms with van der Waals surface area (Å²) in [6.45, 7) is 4.29. The summed E-state index contributed by atoms with van der Waals surface area (Å²) in [5.41, 5.74) is 8.33. The minimum absolute atomic E-state index is 0.0834. The van der Waals surface area contributed by atoms with Crippen molar-refractivity contribution >= 4 is 30.8 Å². The predicted octanol–water partition coefficient (Wildman–Crippen LogP) is 1.70. The van der Waals surface area contributed by atoms with Gasteiger partial charge in [-0.25, -0.2) is 4.79 Å². The van der Waals surface area contributed by atoms with E-state index in [9.17, 15) is 24.3 Å². The zero-order valence-corrected chi connectivity index (χ0v) is 17.6. The number of fused-ring (bicyclic) bond motifs is 1. The van der Waals surface area contributed by atoms with Crippen LogP contribution < -0.4 is 16.8 Å². The summed E-state index contributed by atoms with van der Waals surface area (Å²) in [5, 5.41) is 13.7. The van der Waals surface area contributed by atoms with Gasteiger partial charge in [-0.15, -0.1) is 0 Å². The Morgan fingerprint density at radius 1 is 1.23 bits per heavy atom. The van der Waals surface area contributed by atoms with Crippen LogP contribution in [0.4, 0.5) is 11.4 Å². The Bertz CT molecular complexity index is 953. The van der Waals surface area contributed by atoms with E-state index in [4.69, 9.17) is 25.3 Å². The first kappa shape index (κ1) is 23.5. The third-order valence-electron chi connectivity index (χ3n) is 4.27. The number of carbonyl (C=O) groups is 2. The minimum Gasteiger partial charge on any atom is -0.462 e. The number of carbonyl (C=O) groups excluding carboxylic acids is 2. The fourth-order valence-corrected chi connectivity index (χ4v) is 4.57. The van der Waals surface area contributed by atoms with Crippen LogP contribution in [-0.4, -0.2) is 36.6 Å². The van der Waals surface area contributed by atoms with Crippen molar-refractivity contribution in [1.29, 1.82) is 0 Å². The van der Waals surface area contributed by atoms with E-state index in [1.54, 1.807) is 0 Å². The van der Waals surface area contributed by atoms with Gasteiger partial charge in [-0.1, -0.05) is 0 Å². The first-order valence-corrected chi connectivity index (χ1v) is 10.6. The van der Waals surface area contributed by atoms with Crippen molar-refractivity contribution in [1.82, 2.24) is 0 Å². The molecule has 1 aliphatic rings. The Morgan fingerprint density at radius 3 is 2.33 bits per heavy atom. The third-order valence-corrected chi connectivity index (χ3v) is 6.28. The second-order valence-corrected chi connectivity index (χ2v) is 8.06. The molecule has 0 bridgehead atoms. The number of esters is 1. The van der Waals surface area contributed by atoms with Crippen LogP contribution in [0.1, 0.15) is 26.3 Å². The highest BCUT2D eigenvalue weighted by atomic mass is 31.2. The molecule has 0 aromatic heterocycles. The van der Waals surface area contributed by atoms with E-state index in [2.05, 4.69) is 5.32 Å². The highest BCUT2D eigenvalue weighted by Crippen LogP contribution is 2.57. The molecular weight excluding hydrogens is 419 g/mol. The summed E-state index contributed by atoms with van der Waals surface area (Å²) < 4.78 is 28.6. The number of nitrogens with zero attached hydrogens (tertiary/aromatic N) is 1. The van der Waals surface area contributed by atoms with Gasteiger partial charge >= 0.3 is 13.6 Å². The average Bonchev–Trinajstić information content (AvgIpc) is 2.93. The van der Waals surface area contributed by atoms with Gasteiger partial charge in [0.2, 0.25) is 0 Å². The minimum atomic E-state index is -4.25. The number of hydrogen-bond donors (Lipinski definition) is 3. The van der Waals surface area contributed by atoms with E-state index < -0.39 is 40.9 Å². The zero-order valence-electron chi connectivity index (χ0n) is 16.7. The summed E-state index contributed by atoms with van der Waals surface area (Å²) in [6.07, 6.45) is 0. The van der Waals surface area contributed by atoms with E-state index in [-0.39, 0.29) is 36.8 Å². The van der Waals surface area contributed by atoms with E-state index >= 15 is 0 Å². The molecule has 1 unspecified atom stereocenters. The van der Waals surface area contributed by atoms with Crippen LogP contribution in [0.25, 0.3) is 0 Å². The summed E-state index contributed by atoms with van der Waals surface area (Å²) in [4.78, 5) is 36.2. The van der Waals surface area contributed by atoms with Crippen LogP contribution in [0.3, 0.4) is 0 Å². The molecular formula is C17H23N4O8P. The summed E-state index contributed by atoms with van der Waals surface area (Å²) in [6, 6.07) is 3.46. The number of anilines is 1. The van der Waals surface area contributed by atoms with Crippen LogP contribution in [0, 0.1) is 10.1 Å². The molecule has 0 fully saturated rings. The summed E-state index contributed by atoms with van der Waals surface area (Å²) in [5.74, 6) is -2.05. The van der Waals surface area contributed by atoms with Gasteiger partial charge < -0.3 is 30.6 Å². The molecule has 0 radical (unpaired) electrons. The Labute approximate surface area is 172 Å². The third kappa shape index (κ3) is 3.94. The lowest BCUT2D eigenvalue weighted by molar-refractivity contribution is -0.384. The number of benzene rings is 1. The number of nitrogens with two attached hydrogens (primary N) is 2. The lowest BCUT2D eigenvalue weighted by Gasteiger charge is -2.28. The summed E-state index contributed by atoms with van der Waals surface area (Å²) in [7, 11) is -4.25. The number of nitro benzene ring substituents is 1. The SMILES string of the molecule is CCOC(=O)/C(=C(/N)P(=O)(OCC)OCC)C1(N)C(=O)Nc2ccc([N+](=O)[O-])cc21. The van der Waals surface area contributed by atoms with Crippen LogP contribution in [-0.2, 0) is 33.5 Å². The molecule has 1 aliphatic heterocycles. The average molecular weight is 442 g/mol. The van der Waals surface area contributed by atoms with Gasteiger partial charge in [0.25, 0.3) is 11.6 Å². The van der Waals surface area contributed by atoms with Gasteiger partial charge in [0.15, 0.2) is 5.54 Å². The molecule has 1 aromatic carbocycles. The normalized spacial score (nSPS) is 19.0. The number of nitro groups is 1. The highest BCUT2D eigenvalue weighted by Gasteiger charge is 2.54. The first-order valence-electron chi connectivity index (χ1n) is 9.03. The molecule has 1 aromatic rings. The van der Waals surface area contributed by atoms with Crippen molar-refractivity contribution in [2.24, 2.45) is 11.5 Å². The monoisotopic (exact) mass is 442 g/mol. The second kappa shape index (κ2) is 8.92. The van der Waals surface area contributed by atoms with Crippen molar-refractivity contribution in [2.75, 3.05) is 25.1 Å². The Hall–Kier alpha value is -2.79. The highest BCUT2D eigenvalue weighted by molar-refractivity contribution is 7.58. The Kier molecular flexibility index (Phi) is 6.99. The topological polar surface area (TPSA) is 186 Å². The molecule has 1 atom stereocenters. The van der Waals surface area contributed by atoms with Crippen molar-refractivity contribution in [2.45, 2.75) is 26.3 Å². The van der Waals surface area contributed by atoms with E-state index in [1.165, 1.54) is 26.8 Å². The van der Waals surface area contributed by atoms with Crippen LogP contribution in [0.5, 0.6) is 0 Å². The molecule has 2 rings (SSSR count). The fourth-order valence-electron chi connectivity index (χ4n) is 3.00. The summed E-state index contributed by atoms with van der Waals surface area (Å²) >= 11 is 0. The van der Waals surface area contributed by atoms with Crippen molar-refractivity contribution < 1.29 is 32.9 Å². The molecule has 13 heteroatoms. The van der Waals surface area contributed by atoms with Crippen LogP contribution >= 0.6 is 7.60 Å². The lowest BCUT2D eigenvalue weighted by Crippen LogP contribution is -2.49. The Balaban J connectivity index is 2.85. The molecule has 30 heavy (non-hydrogen) atoms. The predicted molar refractivity (Wildman–Crippen MR) is 106 cm³/mol. The number of amides is 1. The van der Waals surface area contributed by atoms with Crippen molar-refractivity contribution in [3.05, 3.63) is 44.9 Å². The molecule has 0 saturated heterocycles. The molecule has 5 N–H and O–H groups in total. The number of nitrogens with one attached hydrogen (secondary N) is 1. The van der Waals surface area contributed by atoms with Crippen LogP contribution in [0.15, 0.2) is 29.2 Å². The lowest BCUT2D eigenvalue weighted by atomic mass is 9.84. The maximum atomic E-state index is 13.2. The zero-order chi connectivity index (χ0) is 22.7. The molecule has 0 spiro atoms. The largest absolute Gasteiger partial charge is 0.462 e. The van der Waals surface area contributed by atoms with Gasteiger partial charge in [0.1, 0.15) is 11.0 Å². The van der Waals surface area contributed by atoms with Crippen molar-refractivity contribution in [3.8, 4) is 0 Å². The number of ether oxygens (including phenoxy) is 1. The number of hydrogen-bond acceptors (Lipinski definition) is 10. The van der Waals surface area contributed by atoms with Gasteiger partial charge in [-0.2, -0.15) is 0 Å². The molecule has 0 aliphatic carbocycles. The second-order valence-electron chi connectivity index (χ2n) is 6.06. The quantitative estimate of drug-likeness (QED) is 0.167. The van der Waals surface area contributed by atoms with Gasteiger partial charge in [0, 0.05) is 23.4 Å². The molecule has 12 nitrogen and oxygen atoms in total. The molecule has 0 saturated carbocycles. The fraction of sp³-hybridized carbons (Fsp3) is 0.412. The maximum absolute atomic E-state index is 13.2. The van der Waals surface area contributed by atoms with Gasteiger partial charge in [-0.05, 0) is 26.8 Å².